The summed E-state index contributed by atoms with van der Waals surface area (Å²) >= 11 is 2.25. The van der Waals surface area contributed by atoms with Crippen molar-refractivity contribution in [2.24, 2.45) is 5.10 Å². The Kier molecular flexibility index (Phi) is 4.17. The van der Waals surface area contributed by atoms with Gasteiger partial charge >= 0.3 is 0 Å². The molecule has 0 aliphatic carbocycles. The molecule has 1 amide bonds. The zero-order valence-corrected chi connectivity index (χ0v) is 15.7. The van der Waals surface area contributed by atoms with Gasteiger partial charge in [-0.3, -0.25) is 4.79 Å². The fraction of sp³-hybridized carbons (Fsp3) is 0.100. The molecule has 0 aromatic heterocycles. The normalized spacial score (nSPS) is 16.6. The number of amides is 1. The molecule has 1 aliphatic heterocycles. The highest BCUT2D eigenvalue weighted by atomic mass is 127. The lowest BCUT2D eigenvalue weighted by Gasteiger charge is -2.20. The predicted molar refractivity (Wildman–Crippen MR) is 106 cm³/mol. The first-order valence-corrected chi connectivity index (χ1v) is 9.00. The van der Waals surface area contributed by atoms with Crippen LogP contribution in [0, 0.1) is 3.57 Å². The van der Waals surface area contributed by atoms with Crippen molar-refractivity contribution in [3.63, 3.8) is 0 Å². The number of hydrogen-bond acceptors (Lipinski definition) is 3. The van der Waals surface area contributed by atoms with Crippen LogP contribution >= 0.6 is 22.6 Å². The summed E-state index contributed by atoms with van der Waals surface area (Å²) in [5.74, 6) is 0.310. The maximum atomic E-state index is 12.1. The first kappa shape index (κ1) is 16.1. The highest BCUT2D eigenvalue weighted by molar-refractivity contribution is 14.1. The van der Waals surface area contributed by atoms with E-state index in [1.165, 1.54) is 11.9 Å². The number of hydrazone groups is 1. The van der Waals surface area contributed by atoms with Crippen molar-refractivity contribution < 1.29 is 9.53 Å². The quantitative estimate of drug-likeness (QED) is 0.541. The molecule has 1 atom stereocenters. The standard InChI is InChI=1S/C20H15IN2O2/c1-13(24)23-20(18-11-5-7-14-6-2-3-10-17(14)18)25-19(22-23)15-8-4-9-16(21)12-15/h2-12,20H,1H3/t20-/m1/s1. The topological polar surface area (TPSA) is 41.9 Å². The molecular formula is C20H15IN2O2. The van der Waals surface area contributed by atoms with E-state index < -0.39 is 6.23 Å². The van der Waals surface area contributed by atoms with Crippen molar-refractivity contribution in [2.45, 2.75) is 13.2 Å². The van der Waals surface area contributed by atoms with Crippen LogP contribution in [0.25, 0.3) is 10.8 Å². The molecule has 124 valence electrons. The molecule has 4 nitrogen and oxygen atoms in total. The number of carbonyl (C=O) groups is 1. The highest BCUT2D eigenvalue weighted by Crippen LogP contribution is 2.34. The molecule has 1 aliphatic rings. The molecule has 25 heavy (non-hydrogen) atoms. The monoisotopic (exact) mass is 442 g/mol. The van der Waals surface area contributed by atoms with Crippen LogP contribution in [0.2, 0.25) is 0 Å². The first-order valence-electron chi connectivity index (χ1n) is 7.92. The number of halogens is 1. The van der Waals surface area contributed by atoms with E-state index in [9.17, 15) is 4.79 Å². The second kappa shape index (κ2) is 6.48. The summed E-state index contributed by atoms with van der Waals surface area (Å²) in [5, 5.41) is 8.01. The van der Waals surface area contributed by atoms with E-state index in [1.54, 1.807) is 0 Å². The fourth-order valence-electron chi connectivity index (χ4n) is 2.97. The molecule has 5 heteroatoms. The lowest BCUT2D eigenvalue weighted by molar-refractivity contribution is -0.135. The molecule has 0 bridgehead atoms. The van der Waals surface area contributed by atoms with Crippen molar-refractivity contribution in [3.8, 4) is 0 Å². The number of carbonyl (C=O) groups excluding carboxylic acids is 1. The summed E-state index contributed by atoms with van der Waals surface area (Å²) in [6.45, 7) is 1.50. The van der Waals surface area contributed by atoms with Gasteiger partial charge in [0.05, 0.1) is 0 Å². The molecule has 3 aromatic rings. The van der Waals surface area contributed by atoms with Crippen molar-refractivity contribution in [2.75, 3.05) is 0 Å². The summed E-state index contributed by atoms with van der Waals surface area (Å²) in [5.41, 5.74) is 1.79. The number of benzene rings is 3. The van der Waals surface area contributed by atoms with Crippen molar-refractivity contribution >= 4 is 45.2 Å². The van der Waals surface area contributed by atoms with Gasteiger partial charge in [-0.25, -0.2) is 0 Å². The summed E-state index contributed by atoms with van der Waals surface area (Å²) in [6, 6.07) is 22.0. The number of ether oxygens (including phenoxy) is 1. The third-order valence-electron chi connectivity index (χ3n) is 4.13. The number of nitrogens with zero attached hydrogens (tertiary/aromatic N) is 2. The fourth-order valence-corrected chi connectivity index (χ4v) is 3.52. The molecular weight excluding hydrogens is 427 g/mol. The van der Waals surface area contributed by atoms with Gasteiger partial charge in [-0.15, -0.1) is 5.10 Å². The smallest absolute Gasteiger partial charge is 0.243 e. The third-order valence-corrected chi connectivity index (χ3v) is 4.80. The van der Waals surface area contributed by atoms with E-state index >= 15 is 0 Å². The van der Waals surface area contributed by atoms with Crippen molar-refractivity contribution in [3.05, 3.63) is 81.4 Å². The van der Waals surface area contributed by atoms with Crippen LogP contribution in [0.15, 0.2) is 71.8 Å². The zero-order valence-electron chi connectivity index (χ0n) is 13.5. The van der Waals surface area contributed by atoms with Gasteiger partial charge in [0, 0.05) is 21.6 Å². The molecule has 0 saturated heterocycles. The lowest BCUT2D eigenvalue weighted by Crippen LogP contribution is -2.25. The second-order valence-electron chi connectivity index (χ2n) is 5.82. The average Bonchev–Trinajstić information content (AvgIpc) is 3.07. The van der Waals surface area contributed by atoms with E-state index in [1.807, 2.05) is 66.7 Å². The second-order valence-corrected chi connectivity index (χ2v) is 7.06. The summed E-state index contributed by atoms with van der Waals surface area (Å²) in [4.78, 5) is 12.1. The summed E-state index contributed by atoms with van der Waals surface area (Å²) < 4.78 is 7.21. The van der Waals surface area contributed by atoms with Gasteiger partial charge in [0.1, 0.15) is 0 Å². The average molecular weight is 442 g/mol. The van der Waals surface area contributed by atoms with Crippen LogP contribution in [0.3, 0.4) is 0 Å². The van der Waals surface area contributed by atoms with Crippen LogP contribution in [-0.4, -0.2) is 16.8 Å². The van der Waals surface area contributed by atoms with Gasteiger partial charge in [-0.05, 0) is 51.6 Å². The highest BCUT2D eigenvalue weighted by Gasteiger charge is 2.34. The molecule has 0 unspecified atom stereocenters. The molecule has 0 N–H and O–H groups in total. The molecule has 0 fully saturated rings. The van der Waals surface area contributed by atoms with Crippen LogP contribution in [0.5, 0.6) is 0 Å². The molecule has 1 heterocycles. The van der Waals surface area contributed by atoms with Crippen molar-refractivity contribution in [1.82, 2.24) is 5.01 Å². The van der Waals surface area contributed by atoms with Crippen LogP contribution in [0.1, 0.15) is 24.3 Å². The summed E-state index contributed by atoms with van der Waals surface area (Å²) in [6.07, 6.45) is -0.559. The number of fused-ring (bicyclic) bond motifs is 1. The molecule has 0 radical (unpaired) electrons. The third kappa shape index (κ3) is 3.00. The Labute approximate surface area is 159 Å². The number of rotatable bonds is 2. The summed E-state index contributed by atoms with van der Waals surface area (Å²) in [7, 11) is 0. The minimum atomic E-state index is -0.559. The maximum Gasteiger partial charge on any atom is 0.243 e. The van der Waals surface area contributed by atoms with Gasteiger partial charge in [-0.2, -0.15) is 5.01 Å². The van der Waals surface area contributed by atoms with Gasteiger partial charge in [-0.1, -0.05) is 48.5 Å². The predicted octanol–water partition coefficient (Wildman–Crippen LogP) is 4.68. The van der Waals surface area contributed by atoms with Gasteiger partial charge in [0.2, 0.25) is 18.0 Å². The lowest BCUT2D eigenvalue weighted by atomic mass is 10.0. The van der Waals surface area contributed by atoms with E-state index in [4.69, 9.17) is 4.74 Å². The van der Waals surface area contributed by atoms with Crippen LogP contribution < -0.4 is 0 Å². The van der Waals surface area contributed by atoms with Crippen LogP contribution in [-0.2, 0) is 9.53 Å². The minimum Gasteiger partial charge on any atom is -0.446 e. The Morgan fingerprint density at radius 1 is 1.08 bits per heavy atom. The van der Waals surface area contributed by atoms with E-state index in [0.717, 1.165) is 25.5 Å². The molecule has 4 rings (SSSR count). The minimum absolute atomic E-state index is 0.154. The number of hydrogen-bond donors (Lipinski definition) is 0. The van der Waals surface area contributed by atoms with E-state index in [0.29, 0.717) is 5.90 Å². The Bertz CT molecular complexity index is 994. The Morgan fingerprint density at radius 3 is 2.64 bits per heavy atom. The SMILES string of the molecule is CC(=O)N1N=C(c2cccc(I)c2)O[C@@H]1c1cccc2ccccc12. The van der Waals surface area contributed by atoms with Crippen LogP contribution in [0.4, 0.5) is 0 Å². The Balaban J connectivity index is 1.79. The van der Waals surface area contributed by atoms with Gasteiger partial charge < -0.3 is 4.74 Å². The Morgan fingerprint density at radius 2 is 1.84 bits per heavy atom. The molecule has 0 spiro atoms. The van der Waals surface area contributed by atoms with Crippen molar-refractivity contribution in [1.29, 1.82) is 0 Å². The Hall–Kier alpha value is -2.41. The largest absolute Gasteiger partial charge is 0.446 e. The van der Waals surface area contributed by atoms with Gasteiger partial charge in [0.15, 0.2) is 0 Å². The first-order chi connectivity index (χ1) is 12.1. The van der Waals surface area contributed by atoms with E-state index in [-0.39, 0.29) is 5.91 Å². The molecule has 0 saturated carbocycles. The maximum absolute atomic E-state index is 12.1. The molecule has 3 aromatic carbocycles. The zero-order chi connectivity index (χ0) is 17.4. The van der Waals surface area contributed by atoms with Gasteiger partial charge in [0.25, 0.3) is 0 Å². The van der Waals surface area contributed by atoms with E-state index in [2.05, 4.69) is 27.7 Å².